The SMILES string of the molecule is CCC[C@H](C(=O)O)C(=O)CC. The van der Waals surface area contributed by atoms with Gasteiger partial charge in [0.2, 0.25) is 0 Å². The first kappa shape index (κ1) is 10.1. The second kappa shape index (κ2) is 4.88. The van der Waals surface area contributed by atoms with Crippen molar-refractivity contribution >= 4 is 11.8 Å². The minimum Gasteiger partial charge on any atom is -0.481 e. The lowest BCUT2D eigenvalue weighted by Crippen LogP contribution is -2.22. The molecule has 11 heavy (non-hydrogen) atoms. The lowest BCUT2D eigenvalue weighted by molar-refractivity contribution is -0.146. The van der Waals surface area contributed by atoms with Crippen LogP contribution in [0.3, 0.4) is 0 Å². The fourth-order valence-electron chi connectivity index (χ4n) is 0.957. The first-order chi connectivity index (χ1) is 5.13. The van der Waals surface area contributed by atoms with Gasteiger partial charge in [-0.05, 0) is 6.42 Å². The van der Waals surface area contributed by atoms with Gasteiger partial charge in [-0.25, -0.2) is 0 Å². The Balaban J connectivity index is 4.09. The second-order valence-corrected chi connectivity index (χ2v) is 2.50. The van der Waals surface area contributed by atoms with Crippen molar-refractivity contribution in [2.75, 3.05) is 0 Å². The van der Waals surface area contributed by atoms with E-state index in [1.165, 1.54) is 0 Å². The first-order valence-corrected chi connectivity index (χ1v) is 3.89. The van der Waals surface area contributed by atoms with Crippen molar-refractivity contribution in [1.29, 1.82) is 0 Å². The van der Waals surface area contributed by atoms with Crippen LogP contribution >= 0.6 is 0 Å². The normalized spacial score (nSPS) is 12.5. The Morgan fingerprint density at radius 2 is 1.91 bits per heavy atom. The Labute approximate surface area is 66.4 Å². The predicted molar refractivity (Wildman–Crippen MR) is 41.3 cm³/mol. The highest BCUT2D eigenvalue weighted by Gasteiger charge is 2.22. The maximum atomic E-state index is 11.0. The molecular formula is C8H14O3. The molecule has 3 nitrogen and oxygen atoms in total. The summed E-state index contributed by atoms with van der Waals surface area (Å²) in [7, 11) is 0. The smallest absolute Gasteiger partial charge is 0.314 e. The van der Waals surface area contributed by atoms with Crippen molar-refractivity contribution in [2.45, 2.75) is 33.1 Å². The number of ketones is 1. The van der Waals surface area contributed by atoms with Gasteiger partial charge in [-0.3, -0.25) is 9.59 Å². The van der Waals surface area contributed by atoms with E-state index >= 15 is 0 Å². The molecule has 0 heterocycles. The molecule has 0 aromatic rings. The van der Waals surface area contributed by atoms with Crippen LogP contribution in [0, 0.1) is 5.92 Å². The van der Waals surface area contributed by atoms with Crippen LogP contribution in [0.2, 0.25) is 0 Å². The fourth-order valence-corrected chi connectivity index (χ4v) is 0.957. The molecule has 0 aromatic carbocycles. The van der Waals surface area contributed by atoms with Gasteiger partial charge in [-0.2, -0.15) is 0 Å². The van der Waals surface area contributed by atoms with Crippen LogP contribution in [0.4, 0.5) is 0 Å². The lowest BCUT2D eigenvalue weighted by Gasteiger charge is -2.06. The van der Waals surface area contributed by atoms with Gasteiger partial charge in [0.25, 0.3) is 0 Å². The molecule has 1 atom stereocenters. The summed E-state index contributed by atoms with van der Waals surface area (Å²) in [5.74, 6) is -1.93. The Kier molecular flexibility index (Phi) is 4.50. The Morgan fingerprint density at radius 1 is 1.36 bits per heavy atom. The molecule has 0 aliphatic heterocycles. The maximum absolute atomic E-state index is 11.0. The van der Waals surface area contributed by atoms with Crippen LogP contribution in [0.25, 0.3) is 0 Å². The molecule has 0 saturated heterocycles. The zero-order chi connectivity index (χ0) is 8.85. The topological polar surface area (TPSA) is 54.4 Å². The van der Waals surface area contributed by atoms with Crippen LogP contribution in [0.15, 0.2) is 0 Å². The van der Waals surface area contributed by atoms with E-state index in [9.17, 15) is 9.59 Å². The molecule has 0 unspecified atom stereocenters. The third-order valence-corrected chi connectivity index (χ3v) is 1.61. The molecule has 0 spiro atoms. The highest BCUT2D eigenvalue weighted by molar-refractivity contribution is 5.97. The van der Waals surface area contributed by atoms with E-state index in [0.29, 0.717) is 12.8 Å². The van der Waals surface area contributed by atoms with Gasteiger partial charge in [-0.1, -0.05) is 20.3 Å². The standard InChI is InChI=1S/C8H14O3/c1-3-5-6(8(10)11)7(9)4-2/h6H,3-5H2,1-2H3,(H,10,11)/t6-/m0/s1. The summed E-state index contributed by atoms with van der Waals surface area (Å²) in [5, 5.41) is 8.59. The highest BCUT2D eigenvalue weighted by Crippen LogP contribution is 2.09. The van der Waals surface area contributed by atoms with E-state index in [1.807, 2.05) is 6.92 Å². The molecular weight excluding hydrogens is 144 g/mol. The van der Waals surface area contributed by atoms with Crippen LogP contribution in [-0.4, -0.2) is 16.9 Å². The summed E-state index contributed by atoms with van der Waals surface area (Å²) >= 11 is 0. The molecule has 0 bridgehead atoms. The number of hydrogen-bond donors (Lipinski definition) is 1. The molecule has 1 N–H and O–H groups in total. The minimum atomic E-state index is -0.987. The van der Waals surface area contributed by atoms with Crippen molar-refractivity contribution in [3.05, 3.63) is 0 Å². The van der Waals surface area contributed by atoms with Gasteiger partial charge < -0.3 is 5.11 Å². The molecule has 0 saturated carbocycles. The molecule has 3 heteroatoms. The molecule has 0 fully saturated rings. The Bertz CT molecular complexity index is 151. The van der Waals surface area contributed by atoms with Gasteiger partial charge in [0.15, 0.2) is 0 Å². The van der Waals surface area contributed by atoms with Crippen LogP contribution in [-0.2, 0) is 9.59 Å². The molecule has 0 aliphatic rings. The van der Waals surface area contributed by atoms with Gasteiger partial charge in [0.1, 0.15) is 11.7 Å². The summed E-state index contributed by atoms with van der Waals surface area (Å²) in [6.07, 6.45) is 1.52. The number of carboxylic acid groups (broad SMARTS) is 1. The summed E-state index contributed by atoms with van der Waals surface area (Å²) in [5.41, 5.74) is 0. The summed E-state index contributed by atoms with van der Waals surface area (Å²) in [6.45, 7) is 3.56. The number of carboxylic acids is 1. The summed E-state index contributed by atoms with van der Waals surface area (Å²) in [6, 6.07) is 0. The lowest BCUT2D eigenvalue weighted by atomic mass is 9.97. The quantitative estimate of drug-likeness (QED) is 0.616. The minimum absolute atomic E-state index is 0.167. The fraction of sp³-hybridized carbons (Fsp3) is 0.750. The van der Waals surface area contributed by atoms with Gasteiger partial charge >= 0.3 is 5.97 Å². The van der Waals surface area contributed by atoms with Crippen molar-refractivity contribution in [2.24, 2.45) is 5.92 Å². The van der Waals surface area contributed by atoms with Crippen molar-refractivity contribution in [3.63, 3.8) is 0 Å². The van der Waals surface area contributed by atoms with E-state index in [-0.39, 0.29) is 5.78 Å². The average molecular weight is 158 g/mol. The van der Waals surface area contributed by atoms with Gasteiger partial charge in [0, 0.05) is 6.42 Å². The molecule has 0 rings (SSSR count). The highest BCUT2D eigenvalue weighted by atomic mass is 16.4. The number of aliphatic carboxylic acids is 1. The molecule has 0 amide bonds. The Morgan fingerprint density at radius 3 is 2.18 bits per heavy atom. The number of Topliss-reactive ketones (excluding diaryl/α,β-unsaturated/α-hetero) is 1. The van der Waals surface area contributed by atoms with E-state index in [4.69, 9.17) is 5.11 Å². The van der Waals surface area contributed by atoms with E-state index in [0.717, 1.165) is 6.42 Å². The average Bonchev–Trinajstić information content (AvgIpc) is 1.98. The van der Waals surface area contributed by atoms with Crippen molar-refractivity contribution < 1.29 is 14.7 Å². The molecule has 0 radical (unpaired) electrons. The number of hydrogen-bond acceptors (Lipinski definition) is 2. The van der Waals surface area contributed by atoms with Gasteiger partial charge in [0.05, 0.1) is 0 Å². The first-order valence-electron chi connectivity index (χ1n) is 3.89. The van der Waals surface area contributed by atoms with Crippen LogP contribution in [0.5, 0.6) is 0 Å². The third kappa shape index (κ3) is 3.16. The molecule has 0 aliphatic carbocycles. The monoisotopic (exact) mass is 158 g/mol. The van der Waals surface area contributed by atoms with Crippen molar-refractivity contribution in [3.8, 4) is 0 Å². The third-order valence-electron chi connectivity index (χ3n) is 1.61. The van der Waals surface area contributed by atoms with Crippen LogP contribution < -0.4 is 0 Å². The number of carbonyl (C=O) groups is 2. The summed E-state index contributed by atoms with van der Waals surface area (Å²) < 4.78 is 0. The summed E-state index contributed by atoms with van der Waals surface area (Å²) in [4.78, 5) is 21.4. The van der Waals surface area contributed by atoms with E-state index < -0.39 is 11.9 Å². The number of rotatable bonds is 5. The van der Waals surface area contributed by atoms with Crippen molar-refractivity contribution in [1.82, 2.24) is 0 Å². The largest absolute Gasteiger partial charge is 0.481 e. The zero-order valence-corrected chi connectivity index (χ0v) is 6.96. The molecule has 0 aromatic heterocycles. The zero-order valence-electron chi connectivity index (χ0n) is 6.96. The predicted octanol–water partition coefficient (Wildman–Crippen LogP) is 1.47. The Hall–Kier alpha value is -0.860. The molecule has 64 valence electrons. The van der Waals surface area contributed by atoms with Gasteiger partial charge in [-0.15, -0.1) is 0 Å². The van der Waals surface area contributed by atoms with E-state index in [2.05, 4.69) is 0 Å². The van der Waals surface area contributed by atoms with E-state index in [1.54, 1.807) is 6.92 Å². The number of carbonyl (C=O) groups excluding carboxylic acids is 1. The maximum Gasteiger partial charge on any atom is 0.314 e. The second-order valence-electron chi connectivity index (χ2n) is 2.50. The van der Waals surface area contributed by atoms with Crippen LogP contribution in [0.1, 0.15) is 33.1 Å².